The first-order valence-electron chi connectivity index (χ1n) is 13.7. The number of esters is 1. The highest BCUT2D eigenvalue weighted by Gasteiger charge is 2.25. The summed E-state index contributed by atoms with van der Waals surface area (Å²) in [6, 6.07) is 0. The van der Waals surface area contributed by atoms with Crippen LogP contribution in [0.1, 0.15) is 104 Å². The maximum absolute atomic E-state index is 12.0. The fourth-order valence-electron chi connectivity index (χ4n) is 3.61. The summed E-state index contributed by atoms with van der Waals surface area (Å²) in [6.45, 7) is 4.63. The monoisotopic (exact) mass is 524 g/mol. The van der Waals surface area contributed by atoms with Crippen LogP contribution in [-0.2, 0) is 27.9 Å². The Labute approximate surface area is 215 Å². The summed E-state index contributed by atoms with van der Waals surface area (Å²) in [5, 5.41) is 0. The van der Waals surface area contributed by atoms with E-state index in [1.807, 2.05) is 21.1 Å². The Balaban J connectivity index is 3.77. The lowest BCUT2D eigenvalue weighted by atomic mass is 10.0. The van der Waals surface area contributed by atoms with Crippen molar-refractivity contribution in [3.63, 3.8) is 0 Å². The first-order chi connectivity index (χ1) is 16.6. The molecule has 2 atom stereocenters. The van der Waals surface area contributed by atoms with Crippen LogP contribution in [0.25, 0.3) is 0 Å². The summed E-state index contributed by atoms with van der Waals surface area (Å²) in [4.78, 5) is 21.2. The lowest BCUT2D eigenvalue weighted by molar-refractivity contribution is -0.870. The standard InChI is InChI=1S/C26H54NO7P/c1-6-7-8-9-10-11-12-13-14-15-16-17-18-19-21-31-23-26(34-25(2)28)24-33-35(29,30)32-22-20-27(3,4)5/h26H,6-24H2,1-5H3/p+1/t26-/m1/s1. The van der Waals surface area contributed by atoms with E-state index in [-0.39, 0.29) is 19.8 Å². The number of ether oxygens (including phenoxy) is 2. The van der Waals surface area contributed by atoms with E-state index >= 15 is 0 Å². The van der Waals surface area contributed by atoms with E-state index in [4.69, 9.17) is 18.5 Å². The molecule has 0 amide bonds. The van der Waals surface area contributed by atoms with Gasteiger partial charge in [0, 0.05) is 13.5 Å². The molecule has 8 nitrogen and oxygen atoms in total. The molecule has 0 radical (unpaired) electrons. The van der Waals surface area contributed by atoms with Crippen LogP contribution >= 0.6 is 7.82 Å². The Hall–Kier alpha value is -0.500. The Morgan fingerprint density at radius 1 is 0.771 bits per heavy atom. The van der Waals surface area contributed by atoms with Gasteiger partial charge in [0.2, 0.25) is 0 Å². The van der Waals surface area contributed by atoms with Gasteiger partial charge in [-0.3, -0.25) is 13.8 Å². The molecule has 0 aromatic carbocycles. The SMILES string of the molecule is CCCCCCCCCCCCCCCCOC[C@H](COP(=O)(O)OCC[N+](C)(C)C)OC(C)=O. The summed E-state index contributed by atoms with van der Waals surface area (Å²) in [5.41, 5.74) is 0. The topological polar surface area (TPSA) is 91.3 Å². The summed E-state index contributed by atoms with van der Waals surface area (Å²) in [6.07, 6.45) is 17.4. The van der Waals surface area contributed by atoms with Gasteiger partial charge in [-0.05, 0) is 6.42 Å². The number of phosphoric ester groups is 1. The minimum absolute atomic E-state index is 0.0884. The molecular weight excluding hydrogens is 469 g/mol. The van der Waals surface area contributed by atoms with Gasteiger partial charge in [0.15, 0.2) is 0 Å². The van der Waals surface area contributed by atoms with Crippen LogP contribution in [0.3, 0.4) is 0 Å². The summed E-state index contributed by atoms with van der Waals surface area (Å²) >= 11 is 0. The van der Waals surface area contributed by atoms with E-state index in [1.165, 1.54) is 84.0 Å². The van der Waals surface area contributed by atoms with Crippen LogP contribution in [0.5, 0.6) is 0 Å². The Morgan fingerprint density at radius 2 is 1.26 bits per heavy atom. The summed E-state index contributed by atoms with van der Waals surface area (Å²) in [7, 11) is 1.66. The molecular formula is C26H55NO7P+. The van der Waals surface area contributed by atoms with Crippen molar-refractivity contribution >= 4 is 13.8 Å². The quantitative estimate of drug-likeness (QED) is 0.0653. The molecule has 9 heteroatoms. The molecule has 1 unspecified atom stereocenters. The zero-order valence-electron chi connectivity index (χ0n) is 23.3. The highest BCUT2D eigenvalue weighted by molar-refractivity contribution is 7.47. The second-order valence-electron chi connectivity index (χ2n) is 10.5. The molecule has 0 rings (SSSR count). The molecule has 0 saturated heterocycles. The van der Waals surface area contributed by atoms with Crippen molar-refractivity contribution in [3.05, 3.63) is 0 Å². The minimum atomic E-state index is -4.21. The number of phosphoric acid groups is 1. The van der Waals surface area contributed by atoms with Crippen LogP contribution < -0.4 is 0 Å². The average molecular weight is 525 g/mol. The highest BCUT2D eigenvalue weighted by Crippen LogP contribution is 2.43. The van der Waals surface area contributed by atoms with E-state index < -0.39 is 19.9 Å². The van der Waals surface area contributed by atoms with Gasteiger partial charge in [-0.25, -0.2) is 4.57 Å². The second kappa shape index (κ2) is 21.6. The van der Waals surface area contributed by atoms with E-state index in [9.17, 15) is 14.3 Å². The Morgan fingerprint density at radius 3 is 1.71 bits per heavy atom. The largest absolute Gasteiger partial charge is 0.472 e. The summed E-state index contributed by atoms with van der Waals surface area (Å²) < 4.78 is 33.4. The van der Waals surface area contributed by atoms with Gasteiger partial charge < -0.3 is 18.9 Å². The van der Waals surface area contributed by atoms with Crippen molar-refractivity contribution in [2.24, 2.45) is 0 Å². The molecule has 1 N–H and O–H groups in total. The van der Waals surface area contributed by atoms with Gasteiger partial charge in [0.1, 0.15) is 19.3 Å². The molecule has 35 heavy (non-hydrogen) atoms. The van der Waals surface area contributed by atoms with E-state index in [0.717, 1.165) is 12.8 Å². The third-order valence-electron chi connectivity index (χ3n) is 5.72. The fraction of sp³-hybridized carbons (Fsp3) is 0.962. The first-order valence-corrected chi connectivity index (χ1v) is 15.2. The Bertz CT molecular complexity index is 554. The van der Waals surface area contributed by atoms with Gasteiger partial charge in [-0.2, -0.15) is 0 Å². The minimum Gasteiger partial charge on any atom is -0.458 e. The highest BCUT2D eigenvalue weighted by atomic mass is 31.2. The number of nitrogens with zero attached hydrogens (tertiary/aromatic N) is 1. The van der Waals surface area contributed by atoms with Gasteiger partial charge in [0.05, 0.1) is 34.4 Å². The van der Waals surface area contributed by atoms with Crippen molar-refractivity contribution in [2.75, 3.05) is 54.1 Å². The molecule has 0 bridgehead atoms. The lowest BCUT2D eigenvalue weighted by Crippen LogP contribution is -2.37. The van der Waals surface area contributed by atoms with Crippen LogP contribution in [0.15, 0.2) is 0 Å². The zero-order valence-corrected chi connectivity index (χ0v) is 24.2. The lowest BCUT2D eigenvalue weighted by Gasteiger charge is -2.24. The van der Waals surface area contributed by atoms with Gasteiger partial charge in [0.25, 0.3) is 0 Å². The van der Waals surface area contributed by atoms with Crippen molar-refractivity contribution in [1.29, 1.82) is 0 Å². The summed E-state index contributed by atoms with van der Waals surface area (Å²) in [5.74, 6) is -0.489. The van der Waals surface area contributed by atoms with Crippen molar-refractivity contribution in [2.45, 2.75) is 110 Å². The zero-order chi connectivity index (χ0) is 26.4. The molecule has 210 valence electrons. The van der Waals surface area contributed by atoms with Crippen LogP contribution in [-0.4, -0.2) is 75.6 Å². The number of hydrogen-bond acceptors (Lipinski definition) is 6. The maximum atomic E-state index is 12.0. The first kappa shape index (κ1) is 34.5. The van der Waals surface area contributed by atoms with E-state index in [2.05, 4.69) is 6.92 Å². The molecule has 0 aromatic heterocycles. The number of carbonyl (C=O) groups excluding carboxylic acids is 1. The molecule has 0 heterocycles. The fourth-order valence-corrected chi connectivity index (χ4v) is 4.35. The smallest absolute Gasteiger partial charge is 0.458 e. The van der Waals surface area contributed by atoms with Crippen molar-refractivity contribution < 1.29 is 37.3 Å². The third kappa shape index (κ3) is 26.4. The maximum Gasteiger partial charge on any atom is 0.472 e. The predicted octanol–water partition coefficient (Wildman–Crippen LogP) is 6.26. The van der Waals surface area contributed by atoms with Crippen molar-refractivity contribution in [3.8, 4) is 0 Å². The number of hydrogen-bond donors (Lipinski definition) is 1. The molecule has 0 aromatic rings. The second-order valence-corrected chi connectivity index (χ2v) is 12.0. The molecule has 0 aliphatic carbocycles. The van der Waals surface area contributed by atoms with Crippen molar-refractivity contribution in [1.82, 2.24) is 0 Å². The van der Waals surface area contributed by atoms with Crippen LogP contribution in [0.4, 0.5) is 0 Å². The number of unbranched alkanes of at least 4 members (excludes halogenated alkanes) is 13. The van der Waals surface area contributed by atoms with Gasteiger partial charge >= 0.3 is 13.8 Å². The number of rotatable bonds is 25. The molecule has 0 spiro atoms. The van der Waals surface area contributed by atoms with Crippen LogP contribution in [0, 0.1) is 0 Å². The molecule has 0 aliphatic heterocycles. The van der Waals surface area contributed by atoms with Gasteiger partial charge in [-0.15, -0.1) is 0 Å². The predicted molar refractivity (Wildman–Crippen MR) is 141 cm³/mol. The van der Waals surface area contributed by atoms with E-state index in [0.29, 0.717) is 17.6 Å². The Kier molecular flexibility index (Phi) is 21.3. The molecule has 0 fully saturated rings. The number of quaternary nitrogens is 1. The number of likely N-dealkylation sites (N-methyl/N-ethyl adjacent to an activating group) is 1. The van der Waals surface area contributed by atoms with E-state index in [1.54, 1.807) is 0 Å². The third-order valence-corrected chi connectivity index (χ3v) is 6.70. The number of carbonyl (C=O) groups is 1. The average Bonchev–Trinajstić information content (AvgIpc) is 2.75. The van der Waals surface area contributed by atoms with Gasteiger partial charge in [-0.1, -0.05) is 90.4 Å². The molecule has 0 aliphatic rings. The molecule has 0 saturated carbocycles. The van der Waals surface area contributed by atoms with Crippen LogP contribution in [0.2, 0.25) is 0 Å². The normalized spacial score (nSPS) is 14.6.